The second-order valence-electron chi connectivity index (χ2n) is 12.3. The van der Waals surface area contributed by atoms with Gasteiger partial charge in [-0.3, -0.25) is 4.79 Å². The monoisotopic (exact) mass is 578 g/mol. The van der Waals surface area contributed by atoms with Gasteiger partial charge in [0, 0.05) is 6.42 Å². The molecule has 0 radical (unpaired) electrons. The molecule has 2 atom stereocenters. The highest BCUT2D eigenvalue weighted by atomic mass is 16.3. The maximum Gasteiger partial charge on any atom is 0.220 e. The molecule has 0 rings (SSSR count). The third-order valence-corrected chi connectivity index (χ3v) is 8.19. The number of allylic oxidation sites excluding steroid dienone is 3. The Morgan fingerprint density at radius 1 is 0.561 bits per heavy atom. The molecular formula is C37H71NO3. The SMILES string of the molecule is CCCCCCCCCCCCCCCCCCCCCCC/C=C/CC/C=C/C(O)C(CO)NC(=O)CCCC. The number of rotatable bonds is 32. The number of hydrogen-bond acceptors (Lipinski definition) is 3. The quantitative estimate of drug-likeness (QED) is 0.0550. The van der Waals surface area contributed by atoms with Gasteiger partial charge >= 0.3 is 0 Å². The van der Waals surface area contributed by atoms with Crippen LogP contribution >= 0.6 is 0 Å². The maximum absolute atomic E-state index is 11.8. The summed E-state index contributed by atoms with van der Waals surface area (Å²) in [6, 6.07) is -0.629. The van der Waals surface area contributed by atoms with Crippen LogP contribution in [0.1, 0.15) is 187 Å². The van der Waals surface area contributed by atoms with Gasteiger partial charge < -0.3 is 15.5 Å². The highest BCUT2D eigenvalue weighted by Crippen LogP contribution is 2.15. The summed E-state index contributed by atoms with van der Waals surface area (Å²) in [5.41, 5.74) is 0. The van der Waals surface area contributed by atoms with E-state index in [1.807, 2.05) is 13.0 Å². The van der Waals surface area contributed by atoms with Gasteiger partial charge in [0.25, 0.3) is 0 Å². The molecule has 0 aromatic heterocycles. The van der Waals surface area contributed by atoms with Gasteiger partial charge in [-0.1, -0.05) is 173 Å². The van der Waals surface area contributed by atoms with Crippen molar-refractivity contribution < 1.29 is 15.0 Å². The maximum atomic E-state index is 11.8. The molecule has 0 spiro atoms. The lowest BCUT2D eigenvalue weighted by molar-refractivity contribution is -0.123. The van der Waals surface area contributed by atoms with Crippen LogP contribution in [0.25, 0.3) is 0 Å². The summed E-state index contributed by atoms with van der Waals surface area (Å²) in [4.78, 5) is 11.8. The predicted molar refractivity (Wildman–Crippen MR) is 179 cm³/mol. The van der Waals surface area contributed by atoms with Crippen LogP contribution in [0.2, 0.25) is 0 Å². The van der Waals surface area contributed by atoms with Gasteiger partial charge in [0.15, 0.2) is 0 Å². The minimum absolute atomic E-state index is 0.110. The van der Waals surface area contributed by atoms with E-state index in [-0.39, 0.29) is 12.5 Å². The number of hydrogen-bond donors (Lipinski definition) is 3. The summed E-state index contributed by atoms with van der Waals surface area (Å²) in [5, 5.41) is 22.4. The molecule has 4 nitrogen and oxygen atoms in total. The zero-order valence-electron chi connectivity index (χ0n) is 27.6. The van der Waals surface area contributed by atoms with Crippen LogP contribution in [-0.2, 0) is 4.79 Å². The fourth-order valence-corrected chi connectivity index (χ4v) is 5.35. The van der Waals surface area contributed by atoms with Gasteiger partial charge in [-0.05, 0) is 32.1 Å². The molecule has 4 heteroatoms. The molecule has 2 unspecified atom stereocenters. The van der Waals surface area contributed by atoms with E-state index in [1.165, 1.54) is 135 Å². The van der Waals surface area contributed by atoms with E-state index >= 15 is 0 Å². The first-order valence-electron chi connectivity index (χ1n) is 18.1. The van der Waals surface area contributed by atoms with E-state index in [4.69, 9.17) is 0 Å². The standard InChI is InChI=1S/C37H71NO3/c1-3-5-7-8-9-10-11-12-13-14-15-16-17-18-19-20-21-22-23-24-25-26-27-28-29-30-31-32-36(40)35(34-39)38-37(41)33-6-4-2/h27-28,31-32,35-36,39-40H,3-26,29-30,33-34H2,1-2H3,(H,38,41)/b28-27+,32-31+. The lowest BCUT2D eigenvalue weighted by Crippen LogP contribution is -2.45. The molecule has 0 saturated heterocycles. The highest BCUT2D eigenvalue weighted by Gasteiger charge is 2.17. The van der Waals surface area contributed by atoms with Crippen molar-refractivity contribution in [1.82, 2.24) is 5.32 Å². The summed E-state index contributed by atoms with van der Waals surface area (Å²) in [7, 11) is 0. The van der Waals surface area contributed by atoms with E-state index in [1.54, 1.807) is 6.08 Å². The molecule has 0 aliphatic carbocycles. The van der Waals surface area contributed by atoms with Gasteiger partial charge in [-0.25, -0.2) is 0 Å². The van der Waals surface area contributed by atoms with Crippen molar-refractivity contribution in [1.29, 1.82) is 0 Å². The molecule has 0 aromatic rings. The zero-order chi connectivity index (χ0) is 30.1. The van der Waals surface area contributed by atoms with Crippen LogP contribution < -0.4 is 5.32 Å². The fraction of sp³-hybridized carbons (Fsp3) is 0.865. The number of amides is 1. The van der Waals surface area contributed by atoms with Gasteiger partial charge in [-0.2, -0.15) is 0 Å². The molecule has 3 N–H and O–H groups in total. The van der Waals surface area contributed by atoms with Crippen LogP contribution in [-0.4, -0.2) is 34.9 Å². The van der Waals surface area contributed by atoms with Crippen molar-refractivity contribution in [3.8, 4) is 0 Å². The Labute approximate surface area is 256 Å². The topological polar surface area (TPSA) is 69.6 Å². The molecule has 41 heavy (non-hydrogen) atoms. The predicted octanol–water partition coefficient (Wildman–Crippen LogP) is 10.5. The number of carbonyl (C=O) groups excluding carboxylic acids is 1. The molecule has 0 saturated carbocycles. The van der Waals surface area contributed by atoms with Crippen molar-refractivity contribution in [2.45, 2.75) is 199 Å². The van der Waals surface area contributed by atoms with Crippen LogP contribution in [0.15, 0.2) is 24.3 Å². The van der Waals surface area contributed by atoms with Crippen LogP contribution in [0, 0.1) is 0 Å². The molecular weight excluding hydrogens is 506 g/mol. The van der Waals surface area contributed by atoms with E-state index in [2.05, 4.69) is 24.4 Å². The summed E-state index contributed by atoms with van der Waals surface area (Å²) in [5.74, 6) is -0.110. The average Bonchev–Trinajstić information content (AvgIpc) is 2.98. The van der Waals surface area contributed by atoms with E-state index < -0.39 is 12.1 Å². The minimum Gasteiger partial charge on any atom is -0.394 e. The fourth-order valence-electron chi connectivity index (χ4n) is 5.35. The van der Waals surface area contributed by atoms with E-state index in [0.717, 1.165) is 32.1 Å². The third-order valence-electron chi connectivity index (χ3n) is 8.19. The average molecular weight is 578 g/mol. The number of unbranched alkanes of at least 4 members (excludes halogenated alkanes) is 23. The lowest BCUT2D eigenvalue weighted by Gasteiger charge is -2.19. The molecule has 242 valence electrons. The summed E-state index contributed by atoms with van der Waals surface area (Å²) in [6.45, 7) is 4.07. The minimum atomic E-state index is -0.853. The Morgan fingerprint density at radius 2 is 0.951 bits per heavy atom. The summed E-state index contributed by atoms with van der Waals surface area (Å²) in [6.07, 6.45) is 42.3. The van der Waals surface area contributed by atoms with Crippen molar-refractivity contribution in [2.24, 2.45) is 0 Å². The van der Waals surface area contributed by atoms with E-state index in [9.17, 15) is 15.0 Å². The van der Waals surface area contributed by atoms with Crippen molar-refractivity contribution in [2.75, 3.05) is 6.61 Å². The smallest absolute Gasteiger partial charge is 0.220 e. The first-order chi connectivity index (χ1) is 20.2. The van der Waals surface area contributed by atoms with Crippen molar-refractivity contribution in [3.05, 3.63) is 24.3 Å². The molecule has 0 fully saturated rings. The zero-order valence-corrected chi connectivity index (χ0v) is 27.6. The van der Waals surface area contributed by atoms with Crippen molar-refractivity contribution in [3.63, 3.8) is 0 Å². The number of aliphatic hydroxyl groups excluding tert-OH is 2. The number of nitrogens with one attached hydrogen (secondary N) is 1. The van der Waals surface area contributed by atoms with Gasteiger partial charge in [0.05, 0.1) is 18.8 Å². The Bertz CT molecular complexity index is 589. The molecule has 0 aliphatic heterocycles. The van der Waals surface area contributed by atoms with Crippen LogP contribution in [0.5, 0.6) is 0 Å². The normalized spacial score (nSPS) is 13.4. The summed E-state index contributed by atoms with van der Waals surface area (Å²) < 4.78 is 0. The molecule has 1 amide bonds. The number of carbonyl (C=O) groups is 1. The second-order valence-corrected chi connectivity index (χ2v) is 12.3. The van der Waals surface area contributed by atoms with Gasteiger partial charge in [-0.15, -0.1) is 0 Å². The van der Waals surface area contributed by atoms with Crippen LogP contribution in [0.3, 0.4) is 0 Å². The van der Waals surface area contributed by atoms with Gasteiger partial charge in [0.2, 0.25) is 5.91 Å². The summed E-state index contributed by atoms with van der Waals surface area (Å²) >= 11 is 0. The molecule has 0 bridgehead atoms. The lowest BCUT2D eigenvalue weighted by atomic mass is 10.0. The largest absolute Gasteiger partial charge is 0.394 e. The van der Waals surface area contributed by atoms with Crippen molar-refractivity contribution >= 4 is 5.91 Å². The number of aliphatic hydroxyl groups is 2. The second kappa shape index (κ2) is 33.4. The molecule has 0 aliphatic rings. The van der Waals surface area contributed by atoms with Gasteiger partial charge in [0.1, 0.15) is 0 Å². The first kappa shape index (κ1) is 39.9. The Morgan fingerprint density at radius 3 is 1.39 bits per heavy atom. The highest BCUT2D eigenvalue weighted by molar-refractivity contribution is 5.76. The Balaban J connectivity index is 3.39. The van der Waals surface area contributed by atoms with E-state index in [0.29, 0.717) is 6.42 Å². The molecule has 0 heterocycles. The first-order valence-corrected chi connectivity index (χ1v) is 18.1. The Hall–Kier alpha value is -1.13. The Kier molecular flexibility index (Phi) is 32.5. The van der Waals surface area contributed by atoms with Crippen LogP contribution in [0.4, 0.5) is 0 Å². The third kappa shape index (κ3) is 30.1. The molecule has 0 aromatic carbocycles.